The smallest absolute Gasteiger partial charge is 0.237 e. The van der Waals surface area contributed by atoms with Gasteiger partial charge in [0.1, 0.15) is 5.82 Å². The average Bonchev–Trinajstić information content (AvgIpc) is 3.16. The Kier molecular flexibility index (Phi) is 13.5. The molecule has 50 heavy (non-hydrogen) atoms. The Morgan fingerprint density at radius 1 is 0.880 bits per heavy atom. The van der Waals surface area contributed by atoms with E-state index in [1.165, 1.54) is 34.4 Å². The Hall–Kier alpha value is -4.20. The summed E-state index contributed by atoms with van der Waals surface area (Å²) in [5.74, 6) is 1.24. The Labute approximate surface area is 298 Å². The van der Waals surface area contributed by atoms with Gasteiger partial charge in [-0.25, -0.2) is 9.40 Å². The minimum absolute atomic E-state index is 0.0106. The van der Waals surface area contributed by atoms with Crippen LogP contribution in [0.5, 0.6) is 11.5 Å². The van der Waals surface area contributed by atoms with Crippen molar-refractivity contribution >= 4 is 5.91 Å². The van der Waals surface area contributed by atoms with Crippen molar-refractivity contribution in [2.75, 3.05) is 33.9 Å². The molecule has 7 heteroatoms. The molecule has 0 saturated carbocycles. The normalized spacial score (nSPS) is 14.6. The summed E-state index contributed by atoms with van der Waals surface area (Å²) < 4.78 is 25.1. The van der Waals surface area contributed by atoms with Crippen LogP contribution < -0.4 is 15.2 Å². The van der Waals surface area contributed by atoms with Gasteiger partial charge in [-0.1, -0.05) is 92.6 Å². The molecule has 0 aromatic heterocycles. The van der Waals surface area contributed by atoms with Gasteiger partial charge >= 0.3 is 0 Å². The highest BCUT2D eigenvalue weighted by Gasteiger charge is 2.36. The molecule has 1 aliphatic rings. The quantitative estimate of drug-likeness (QED) is 0.107. The van der Waals surface area contributed by atoms with E-state index in [0.29, 0.717) is 31.7 Å². The lowest BCUT2D eigenvalue weighted by Crippen LogP contribution is -2.51. The van der Waals surface area contributed by atoms with Crippen LogP contribution in [0.15, 0.2) is 97.1 Å². The van der Waals surface area contributed by atoms with E-state index >= 15 is 0 Å². The number of nitrogens with two attached hydrogens (primary N) is 1. The highest BCUT2D eigenvalue weighted by Crippen LogP contribution is 2.43. The van der Waals surface area contributed by atoms with Crippen molar-refractivity contribution in [2.45, 2.75) is 82.6 Å². The molecule has 1 heterocycles. The molecule has 4 aromatic carbocycles. The lowest BCUT2D eigenvalue weighted by Gasteiger charge is -2.45. The summed E-state index contributed by atoms with van der Waals surface area (Å²) in [7, 11) is 3.34. The van der Waals surface area contributed by atoms with Gasteiger partial charge in [-0.2, -0.15) is 0 Å². The van der Waals surface area contributed by atoms with Gasteiger partial charge in [0.25, 0.3) is 0 Å². The first-order valence-corrected chi connectivity index (χ1v) is 18.3. The summed E-state index contributed by atoms with van der Waals surface area (Å²) in [6, 6.07) is 32.4. The Balaban J connectivity index is 1.49. The zero-order chi connectivity index (χ0) is 35.3. The Morgan fingerprint density at radius 2 is 1.52 bits per heavy atom. The van der Waals surface area contributed by atoms with Gasteiger partial charge in [-0.3, -0.25) is 9.80 Å². The molecule has 266 valence electrons. The number of rotatable bonds is 18. The molecule has 0 spiro atoms. The van der Waals surface area contributed by atoms with Crippen LogP contribution in [0.25, 0.3) is 0 Å². The van der Waals surface area contributed by atoms with Gasteiger partial charge in [-0.05, 0) is 104 Å². The van der Waals surface area contributed by atoms with Crippen LogP contribution in [0.2, 0.25) is 0 Å². The lowest BCUT2D eigenvalue weighted by molar-refractivity contribution is -0.156. The summed E-state index contributed by atoms with van der Waals surface area (Å²) in [4.78, 5) is 14.5. The van der Waals surface area contributed by atoms with Crippen molar-refractivity contribution in [3.63, 3.8) is 0 Å². The number of hydrogen-bond donors (Lipinski definition) is 1. The highest BCUT2D eigenvalue weighted by atomic mass is 19.1. The first kappa shape index (κ1) is 37.1. The van der Waals surface area contributed by atoms with Crippen molar-refractivity contribution in [2.24, 2.45) is 5.73 Å². The van der Waals surface area contributed by atoms with E-state index < -0.39 is 0 Å². The Morgan fingerprint density at radius 3 is 2.12 bits per heavy atom. The Bertz CT molecular complexity index is 1590. The van der Waals surface area contributed by atoms with Crippen molar-refractivity contribution in [1.82, 2.24) is 10.0 Å². The minimum atomic E-state index is -0.270. The third kappa shape index (κ3) is 8.74. The number of carbonyl (C=O) groups is 1. The van der Waals surface area contributed by atoms with Crippen LogP contribution >= 0.6 is 0 Å². The van der Waals surface area contributed by atoms with Gasteiger partial charge in [0.15, 0.2) is 11.5 Å². The van der Waals surface area contributed by atoms with E-state index in [1.54, 1.807) is 26.4 Å². The number of fused-ring (bicyclic) bond motifs is 1. The van der Waals surface area contributed by atoms with E-state index in [1.807, 2.05) is 5.01 Å². The number of hydrazine groups is 1. The standard InChI is InChI=1S/C43H54FN3O3/c1-4-26-43(35-14-7-5-8-15-35,36-16-9-6-10-17-36)27-13-29-47(42(48)24-21-33-19-22-37(44)23-20-33)46-30-25-34-31-40(49-2)41(50-3)32-38(34)39(46)18-11-12-28-45/h5-10,14-17,19-20,22-23,31-32,39H,4,11-13,18,21,24-30,45H2,1-3H3. The molecule has 5 rings (SSSR count). The first-order valence-electron chi connectivity index (χ1n) is 18.3. The molecule has 1 unspecified atom stereocenters. The summed E-state index contributed by atoms with van der Waals surface area (Å²) in [5, 5.41) is 4.37. The maximum absolute atomic E-state index is 14.5. The second-order valence-electron chi connectivity index (χ2n) is 13.4. The second kappa shape index (κ2) is 18.2. The number of ether oxygens (including phenoxy) is 2. The van der Waals surface area contributed by atoms with Gasteiger partial charge < -0.3 is 15.2 Å². The molecule has 0 saturated heterocycles. The van der Waals surface area contributed by atoms with Crippen LogP contribution in [0.1, 0.15) is 92.1 Å². The fourth-order valence-corrected chi connectivity index (χ4v) is 7.86. The number of carbonyl (C=O) groups excluding carboxylic acids is 1. The van der Waals surface area contributed by atoms with Crippen LogP contribution in [-0.4, -0.2) is 49.8 Å². The third-order valence-electron chi connectivity index (χ3n) is 10.3. The first-order chi connectivity index (χ1) is 24.4. The van der Waals surface area contributed by atoms with E-state index in [-0.39, 0.29) is 23.2 Å². The monoisotopic (exact) mass is 679 g/mol. The maximum atomic E-state index is 14.5. The molecule has 2 N–H and O–H groups in total. The predicted octanol–water partition coefficient (Wildman–Crippen LogP) is 8.81. The van der Waals surface area contributed by atoms with Gasteiger partial charge in [0.05, 0.1) is 20.3 Å². The maximum Gasteiger partial charge on any atom is 0.237 e. The molecule has 1 aliphatic heterocycles. The summed E-state index contributed by atoms with van der Waals surface area (Å²) in [6.07, 6.45) is 8.21. The third-order valence-corrected chi connectivity index (χ3v) is 10.3. The molecule has 1 amide bonds. The average molecular weight is 680 g/mol. The zero-order valence-electron chi connectivity index (χ0n) is 30.1. The number of hydrogen-bond acceptors (Lipinski definition) is 5. The molecule has 0 radical (unpaired) electrons. The molecular weight excluding hydrogens is 625 g/mol. The van der Waals surface area contributed by atoms with Crippen molar-refractivity contribution in [1.29, 1.82) is 0 Å². The van der Waals surface area contributed by atoms with Crippen molar-refractivity contribution < 1.29 is 18.7 Å². The molecule has 4 aromatic rings. The van der Waals surface area contributed by atoms with Crippen molar-refractivity contribution in [3.8, 4) is 11.5 Å². The molecule has 0 fully saturated rings. The summed E-state index contributed by atoms with van der Waals surface area (Å²) >= 11 is 0. The number of aryl methyl sites for hydroxylation is 1. The number of methoxy groups -OCH3 is 2. The molecule has 1 atom stereocenters. The molecule has 0 aliphatic carbocycles. The van der Waals surface area contributed by atoms with E-state index in [0.717, 1.165) is 69.2 Å². The predicted molar refractivity (Wildman–Crippen MR) is 200 cm³/mol. The van der Waals surface area contributed by atoms with Crippen LogP contribution in [-0.2, 0) is 23.1 Å². The van der Waals surface area contributed by atoms with Crippen LogP contribution in [0.3, 0.4) is 0 Å². The lowest BCUT2D eigenvalue weighted by atomic mass is 9.68. The number of nitrogens with zero attached hydrogens (tertiary/aromatic N) is 2. The summed E-state index contributed by atoms with van der Waals surface area (Å²) in [6.45, 7) is 4.20. The van der Waals surface area contributed by atoms with Crippen molar-refractivity contribution in [3.05, 3.63) is 131 Å². The number of benzene rings is 4. The molecule has 0 bridgehead atoms. The number of halogens is 1. The van der Waals surface area contributed by atoms with E-state index in [2.05, 4.69) is 84.7 Å². The number of amides is 1. The second-order valence-corrected chi connectivity index (χ2v) is 13.4. The SMILES string of the molecule is CCCC(CCCN(C(=O)CCc1ccc(F)cc1)N1CCc2cc(OC)c(OC)cc2C1CCCCN)(c1ccccc1)c1ccccc1. The van der Waals surface area contributed by atoms with Crippen LogP contribution in [0.4, 0.5) is 4.39 Å². The fourth-order valence-electron chi connectivity index (χ4n) is 7.86. The molecular formula is C43H54FN3O3. The summed E-state index contributed by atoms with van der Waals surface area (Å²) in [5.41, 5.74) is 11.8. The zero-order valence-corrected chi connectivity index (χ0v) is 30.1. The molecule has 6 nitrogen and oxygen atoms in total. The highest BCUT2D eigenvalue weighted by molar-refractivity contribution is 5.76. The van der Waals surface area contributed by atoms with E-state index in [4.69, 9.17) is 15.2 Å². The van der Waals surface area contributed by atoms with Gasteiger partial charge in [0.2, 0.25) is 5.91 Å². The fraction of sp³-hybridized carbons (Fsp3) is 0.419. The van der Waals surface area contributed by atoms with E-state index in [9.17, 15) is 9.18 Å². The topological polar surface area (TPSA) is 68.0 Å². The van der Waals surface area contributed by atoms with Gasteiger partial charge in [-0.15, -0.1) is 0 Å². The van der Waals surface area contributed by atoms with Gasteiger partial charge in [0, 0.05) is 24.9 Å². The van der Waals surface area contributed by atoms with Crippen LogP contribution in [0, 0.1) is 5.82 Å². The minimum Gasteiger partial charge on any atom is -0.493 e. The largest absolute Gasteiger partial charge is 0.493 e. The number of unbranched alkanes of at least 4 members (excludes halogenated alkanes) is 1.